The summed E-state index contributed by atoms with van der Waals surface area (Å²) in [4.78, 5) is 34.4. The lowest BCUT2D eigenvalue weighted by Crippen LogP contribution is -2.37. The van der Waals surface area contributed by atoms with Crippen molar-refractivity contribution in [3.8, 4) is 11.1 Å². The van der Waals surface area contributed by atoms with Crippen molar-refractivity contribution in [2.45, 2.75) is 25.8 Å². The smallest absolute Gasteiger partial charge is 0.330 e. The third-order valence-corrected chi connectivity index (χ3v) is 4.25. The molecule has 2 N–H and O–H groups in total. The fourth-order valence-corrected chi connectivity index (χ4v) is 2.94. The van der Waals surface area contributed by atoms with Crippen LogP contribution in [-0.2, 0) is 25.5 Å². The predicted molar refractivity (Wildman–Crippen MR) is 111 cm³/mol. The Morgan fingerprint density at radius 3 is 2.45 bits per heavy atom. The molecule has 0 heterocycles. The first-order chi connectivity index (χ1) is 13.9. The number of esters is 1. The van der Waals surface area contributed by atoms with Gasteiger partial charge in [0.15, 0.2) is 0 Å². The number of rotatable bonds is 9. The Balaban J connectivity index is 2.04. The van der Waals surface area contributed by atoms with Crippen LogP contribution in [0.5, 0.6) is 0 Å². The molecule has 29 heavy (non-hydrogen) atoms. The second-order valence-electron chi connectivity index (χ2n) is 6.30. The summed E-state index contributed by atoms with van der Waals surface area (Å²) >= 11 is 6.02. The number of hydrogen-bond donors (Lipinski definition) is 2. The van der Waals surface area contributed by atoms with Crippen LogP contribution in [0, 0.1) is 0 Å². The molecule has 0 spiro atoms. The number of carbonyl (C=O) groups is 3. The lowest BCUT2D eigenvalue weighted by molar-refractivity contribution is -0.138. The Morgan fingerprint density at radius 2 is 1.83 bits per heavy atom. The number of ether oxygens (including phenoxy) is 1. The monoisotopic (exact) mass is 415 g/mol. The molecule has 0 aromatic heterocycles. The summed E-state index contributed by atoms with van der Waals surface area (Å²) in [5, 5.41) is 12.4. The first-order valence-corrected chi connectivity index (χ1v) is 9.47. The molecule has 0 aliphatic heterocycles. The van der Waals surface area contributed by atoms with Crippen molar-refractivity contribution in [3.05, 3.63) is 71.3 Å². The van der Waals surface area contributed by atoms with E-state index in [0.717, 1.165) is 28.8 Å². The van der Waals surface area contributed by atoms with Crippen LogP contribution in [0.1, 0.15) is 18.9 Å². The molecular formula is C22H22ClNO5. The van der Waals surface area contributed by atoms with Crippen LogP contribution in [0.2, 0.25) is 5.02 Å². The molecule has 0 saturated carbocycles. The molecule has 0 saturated heterocycles. The van der Waals surface area contributed by atoms with Crippen molar-refractivity contribution in [3.63, 3.8) is 0 Å². The number of hydrogen-bond acceptors (Lipinski definition) is 4. The summed E-state index contributed by atoms with van der Waals surface area (Å²) in [6.45, 7) is 1.87. The van der Waals surface area contributed by atoms with E-state index in [1.165, 1.54) is 0 Å². The molecular weight excluding hydrogens is 394 g/mol. The quantitative estimate of drug-likeness (QED) is 0.482. The number of carboxylic acids is 1. The third kappa shape index (κ3) is 7.79. The normalized spacial score (nSPS) is 11.8. The largest absolute Gasteiger partial charge is 0.481 e. The van der Waals surface area contributed by atoms with Gasteiger partial charge in [0.1, 0.15) is 0 Å². The summed E-state index contributed by atoms with van der Waals surface area (Å²) < 4.78 is 4.70. The molecule has 0 unspecified atom stereocenters. The van der Waals surface area contributed by atoms with Gasteiger partial charge >= 0.3 is 11.9 Å². The van der Waals surface area contributed by atoms with E-state index in [2.05, 4.69) is 5.32 Å². The van der Waals surface area contributed by atoms with E-state index in [1.807, 2.05) is 42.5 Å². The molecule has 0 aliphatic rings. The number of amides is 1. The minimum Gasteiger partial charge on any atom is -0.481 e. The van der Waals surface area contributed by atoms with Crippen LogP contribution >= 0.6 is 11.6 Å². The van der Waals surface area contributed by atoms with E-state index >= 15 is 0 Å². The standard InChI is InChI=1S/C22H22ClNO5/c1-2-29-22(28)11-10-20(25)24-19(14-21(26)27)12-15-6-8-16(9-7-15)17-4-3-5-18(23)13-17/h3-11,13,19H,2,12,14H2,1H3,(H,24,25)(H,26,27)/t19-/m1/s1. The van der Waals surface area contributed by atoms with Crippen LogP contribution in [0.15, 0.2) is 60.7 Å². The number of benzene rings is 2. The van der Waals surface area contributed by atoms with Gasteiger partial charge in [0.05, 0.1) is 13.0 Å². The average molecular weight is 416 g/mol. The SMILES string of the molecule is CCOC(=O)C=CC(=O)N[C@@H](CC(=O)O)Cc1ccc(-c2cccc(Cl)c2)cc1. The molecule has 152 valence electrons. The zero-order valence-electron chi connectivity index (χ0n) is 15.9. The van der Waals surface area contributed by atoms with Crippen molar-refractivity contribution in [2.24, 2.45) is 0 Å². The van der Waals surface area contributed by atoms with E-state index in [4.69, 9.17) is 21.4 Å². The van der Waals surface area contributed by atoms with E-state index < -0.39 is 23.9 Å². The van der Waals surface area contributed by atoms with Crippen LogP contribution in [0.3, 0.4) is 0 Å². The van der Waals surface area contributed by atoms with Crippen LogP contribution in [0.4, 0.5) is 0 Å². The number of carbonyl (C=O) groups excluding carboxylic acids is 2. The molecule has 2 aromatic carbocycles. The molecule has 0 aliphatic carbocycles. The fourth-order valence-electron chi connectivity index (χ4n) is 2.75. The van der Waals surface area contributed by atoms with Gasteiger partial charge in [0, 0.05) is 23.2 Å². The summed E-state index contributed by atoms with van der Waals surface area (Å²) in [6.07, 6.45) is 2.14. The molecule has 7 heteroatoms. The zero-order valence-corrected chi connectivity index (χ0v) is 16.7. The van der Waals surface area contributed by atoms with E-state index in [0.29, 0.717) is 11.4 Å². The molecule has 0 fully saturated rings. The number of aliphatic carboxylic acids is 1. The number of carboxylic acid groups (broad SMARTS) is 1. The Morgan fingerprint density at radius 1 is 1.10 bits per heavy atom. The maximum Gasteiger partial charge on any atom is 0.330 e. The second kappa shape index (κ2) is 11.0. The van der Waals surface area contributed by atoms with Gasteiger partial charge in [-0.1, -0.05) is 48.0 Å². The van der Waals surface area contributed by atoms with Gasteiger partial charge in [0.25, 0.3) is 0 Å². The highest BCUT2D eigenvalue weighted by atomic mass is 35.5. The number of halogens is 1. The van der Waals surface area contributed by atoms with Crippen molar-refractivity contribution in [2.75, 3.05) is 6.61 Å². The lowest BCUT2D eigenvalue weighted by Gasteiger charge is -2.16. The van der Waals surface area contributed by atoms with Crippen molar-refractivity contribution in [1.29, 1.82) is 0 Å². The maximum absolute atomic E-state index is 12.0. The van der Waals surface area contributed by atoms with Crippen molar-refractivity contribution < 1.29 is 24.2 Å². The maximum atomic E-state index is 12.0. The van der Waals surface area contributed by atoms with E-state index in [1.54, 1.807) is 13.0 Å². The molecule has 1 amide bonds. The topological polar surface area (TPSA) is 92.7 Å². The first kappa shape index (κ1) is 22.2. The second-order valence-corrected chi connectivity index (χ2v) is 6.74. The van der Waals surface area contributed by atoms with Gasteiger partial charge in [-0.05, 0) is 42.2 Å². The summed E-state index contributed by atoms with van der Waals surface area (Å²) in [6, 6.07) is 14.5. The predicted octanol–water partition coefficient (Wildman–Crippen LogP) is 3.63. The Bertz CT molecular complexity index is 892. The van der Waals surface area contributed by atoms with Crippen LogP contribution in [-0.4, -0.2) is 35.6 Å². The minimum absolute atomic E-state index is 0.206. The van der Waals surface area contributed by atoms with Crippen LogP contribution < -0.4 is 5.32 Å². The van der Waals surface area contributed by atoms with Gasteiger partial charge in [-0.3, -0.25) is 9.59 Å². The Labute approximate surface area is 174 Å². The third-order valence-electron chi connectivity index (χ3n) is 4.02. The van der Waals surface area contributed by atoms with Crippen LogP contribution in [0.25, 0.3) is 11.1 Å². The highest BCUT2D eigenvalue weighted by Crippen LogP contribution is 2.23. The minimum atomic E-state index is -1.03. The highest BCUT2D eigenvalue weighted by Gasteiger charge is 2.16. The molecule has 0 bridgehead atoms. The van der Waals surface area contributed by atoms with E-state index in [9.17, 15) is 14.4 Å². The van der Waals surface area contributed by atoms with Crippen molar-refractivity contribution >= 4 is 29.4 Å². The van der Waals surface area contributed by atoms with Crippen molar-refractivity contribution in [1.82, 2.24) is 5.32 Å². The number of nitrogens with one attached hydrogen (secondary N) is 1. The van der Waals surface area contributed by atoms with Gasteiger partial charge in [-0.15, -0.1) is 0 Å². The summed E-state index contributed by atoms with van der Waals surface area (Å²) in [5.74, 6) is -2.21. The Hall–Kier alpha value is -3.12. The zero-order chi connectivity index (χ0) is 21.2. The van der Waals surface area contributed by atoms with Gasteiger partial charge in [-0.2, -0.15) is 0 Å². The van der Waals surface area contributed by atoms with Gasteiger partial charge in [-0.25, -0.2) is 4.79 Å². The van der Waals surface area contributed by atoms with Gasteiger partial charge in [0.2, 0.25) is 5.91 Å². The fraction of sp³-hybridized carbons (Fsp3) is 0.227. The van der Waals surface area contributed by atoms with E-state index in [-0.39, 0.29) is 13.0 Å². The molecule has 2 aromatic rings. The lowest BCUT2D eigenvalue weighted by atomic mass is 9.99. The molecule has 2 rings (SSSR count). The first-order valence-electron chi connectivity index (χ1n) is 9.09. The molecule has 1 atom stereocenters. The van der Waals surface area contributed by atoms with Gasteiger partial charge < -0.3 is 15.2 Å². The molecule has 6 nitrogen and oxygen atoms in total. The Kier molecular flexibility index (Phi) is 8.43. The average Bonchev–Trinajstić information content (AvgIpc) is 2.67. The summed E-state index contributed by atoms with van der Waals surface area (Å²) in [7, 11) is 0. The molecule has 0 radical (unpaired) electrons. The highest BCUT2D eigenvalue weighted by molar-refractivity contribution is 6.30. The summed E-state index contributed by atoms with van der Waals surface area (Å²) in [5.41, 5.74) is 2.83.